The molecule has 1 fully saturated rings. The van der Waals surface area contributed by atoms with Gasteiger partial charge in [0.05, 0.1) is 12.7 Å². The van der Waals surface area contributed by atoms with E-state index in [1.165, 1.54) is 10.8 Å². The van der Waals surface area contributed by atoms with E-state index in [-0.39, 0.29) is 23.5 Å². The molecule has 4 heteroatoms. The maximum absolute atomic E-state index is 11.1. The summed E-state index contributed by atoms with van der Waals surface area (Å²) >= 11 is 0. The minimum absolute atomic E-state index is 0.141. The van der Waals surface area contributed by atoms with E-state index in [0.717, 1.165) is 32.7 Å². The number of hydrogen-bond acceptors (Lipinski definition) is 4. The van der Waals surface area contributed by atoms with Crippen LogP contribution in [0.5, 0.6) is 11.5 Å². The first kappa shape index (κ1) is 23.0. The summed E-state index contributed by atoms with van der Waals surface area (Å²) in [5, 5.41) is 29.7. The van der Waals surface area contributed by atoms with Crippen molar-refractivity contribution >= 4 is 43.1 Å². The lowest BCUT2D eigenvalue weighted by Crippen LogP contribution is -2.26. The Morgan fingerprint density at radius 3 is 2.00 bits per heavy atom. The zero-order valence-corrected chi connectivity index (χ0v) is 21.3. The van der Waals surface area contributed by atoms with Crippen LogP contribution in [0.25, 0.3) is 43.1 Å². The van der Waals surface area contributed by atoms with Gasteiger partial charge in [0.25, 0.3) is 0 Å². The summed E-state index contributed by atoms with van der Waals surface area (Å²) in [6.07, 6.45) is -0.255. The Bertz CT molecular complexity index is 1870. The number of fused-ring (bicyclic) bond motifs is 6. The molecule has 0 bridgehead atoms. The molecule has 0 aliphatic carbocycles. The number of hydrogen-bond donors (Lipinski definition) is 2. The largest absolute Gasteiger partial charge is 0.507 e. The zero-order valence-electron chi connectivity index (χ0n) is 21.3. The van der Waals surface area contributed by atoms with E-state index in [1.54, 1.807) is 12.1 Å². The van der Waals surface area contributed by atoms with Crippen molar-refractivity contribution in [2.75, 3.05) is 6.61 Å². The molecule has 0 radical (unpaired) electrons. The minimum atomic E-state index is -0.706. The van der Waals surface area contributed by atoms with E-state index in [0.29, 0.717) is 17.4 Å². The molecule has 0 spiro atoms. The van der Waals surface area contributed by atoms with Gasteiger partial charge in [0.15, 0.2) is 5.79 Å². The van der Waals surface area contributed by atoms with E-state index in [4.69, 9.17) is 9.47 Å². The quantitative estimate of drug-likeness (QED) is 0.242. The molecule has 7 rings (SSSR count). The third-order valence-corrected chi connectivity index (χ3v) is 7.86. The monoisotopic (exact) mass is 500 g/mol. The van der Waals surface area contributed by atoms with Crippen LogP contribution >= 0.6 is 0 Å². The molecule has 1 unspecified atom stereocenters. The van der Waals surface area contributed by atoms with Crippen LogP contribution in [0.3, 0.4) is 0 Å². The van der Waals surface area contributed by atoms with Crippen LogP contribution in [0.15, 0.2) is 97.1 Å². The Morgan fingerprint density at radius 2 is 1.24 bits per heavy atom. The Labute approximate surface area is 220 Å². The van der Waals surface area contributed by atoms with Gasteiger partial charge in [0.2, 0.25) is 0 Å². The van der Waals surface area contributed by atoms with E-state index in [9.17, 15) is 10.2 Å². The maximum atomic E-state index is 11.1. The second kappa shape index (κ2) is 8.45. The molecule has 0 saturated carbocycles. The fourth-order valence-corrected chi connectivity index (χ4v) is 6.28. The number of rotatable bonds is 3. The Balaban J connectivity index is 1.62. The molecule has 1 saturated heterocycles. The highest BCUT2D eigenvalue weighted by Gasteiger charge is 2.40. The summed E-state index contributed by atoms with van der Waals surface area (Å²) in [7, 11) is 0. The highest BCUT2D eigenvalue weighted by molar-refractivity contribution is 6.15. The van der Waals surface area contributed by atoms with Crippen molar-refractivity contribution in [3.63, 3.8) is 0 Å². The van der Waals surface area contributed by atoms with Crippen LogP contribution < -0.4 is 0 Å². The Morgan fingerprint density at radius 1 is 0.658 bits per heavy atom. The lowest BCUT2D eigenvalue weighted by atomic mass is 9.79. The normalized spacial score (nSPS) is 18.0. The fraction of sp³-hybridized carbons (Fsp3) is 0.176. The van der Waals surface area contributed by atoms with Crippen molar-refractivity contribution in [2.45, 2.75) is 31.7 Å². The van der Waals surface area contributed by atoms with Crippen molar-refractivity contribution in [1.29, 1.82) is 0 Å². The molecule has 2 N–H and O–H groups in total. The number of benzene rings is 6. The van der Waals surface area contributed by atoms with Gasteiger partial charge in [-0.1, -0.05) is 72.8 Å². The first-order valence-electron chi connectivity index (χ1n) is 13.0. The third-order valence-electron chi connectivity index (χ3n) is 7.86. The Hall–Kier alpha value is -4.12. The molecule has 0 aromatic heterocycles. The molecule has 6 aromatic carbocycles. The topological polar surface area (TPSA) is 58.9 Å². The van der Waals surface area contributed by atoms with Crippen molar-refractivity contribution < 1.29 is 19.7 Å². The fourth-order valence-electron chi connectivity index (χ4n) is 6.28. The lowest BCUT2D eigenvalue weighted by Gasteiger charge is -2.28. The van der Waals surface area contributed by atoms with E-state index < -0.39 is 5.79 Å². The summed E-state index contributed by atoms with van der Waals surface area (Å²) in [4.78, 5) is 0. The minimum Gasteiger partial charge on any atom is -0.507 e. The first-order chi connectivity index (χ1) is 18.4. The lowest BCUT2D eigenvalue weighted by molar-refractivity contribution is -0.139. The van der Waals surface area contributed by atoms with Gasteiger partial charge in [0.1, 0.15) is 11.5 Å². The summed E-state index contributed by atoms with van der Waals surface area (Å²) in [5.74, 6) is -0.609. The highest BCUT2D eigenvalue weighted by atomic mass is 16.7. The summed E-state index contributed by atoms with van der Waals surface area (Å²) in [6, 6.07) is 32.4. The van der Waals surface area contributed by atoms with Gasteiger partial charge in [-0.3, -0.25) is 0 Å². The van der Waals surface area contributed by atoms with Crippen molar-refractivity contribution in [3.05, 3.63) is 108 Å². The van der Waals surface area contributed by atoms with Gasteiger partial charge in [-0.25, -0.2) is 0 Å². The second-order valence-corrected chi connectivity index (χ2v) is 10.6. The summed E-state index contributed by atoms with van der Waals surface area (Å²) in [5.41, 5.74) is 2.18. The second-order valence-electron chi connectivity index (χ2n) is 10.6. The zero-order chi connectivity index (χ0) is 26.0. The van der Waals surface area contributed by atoms with Gasteiger partial charge in [-0.2, -0.15) is 0 Å². The van der Waals surface area contributed by atoms with Crippen LogP contribution in [-0.4, -0.2) is 28.7 Å². The number of phenolic OH excluding ortho intramolecular Hbond substituents is 2. The van der Waals surface area contributed by atoms with Gasteiger partial charge < -0.3 is 19.7 Å². The number of ether oxygens (including phenoxy) is 2. The van der Waals surface area contributed by atoms with Crippen LogP contribution in [0, 0.1) is 0 Å². The molecule has 1 aliphatic heterocycles. The van der Waals surface area contributed by atoms with Gasteiger partial charge >= 0.3 is 0 Å². The maximum Gasteiger partial charge on any atom is 0.163 e. The molecule has 1 heterocycles. The van der Waals surface area contributed by atoms with Crippen molar-refractivity contribution in [3.8, 4) is 11.5 Å². The molecule has 0 amide bonds. The standard InChI is InChI=1S/C34H28O4/c1-34(2)37-19-30(38-34)32(26-17-20-9-3-4-11-22(20)23-12-5-6-13-24(23)26)27-18-21-10-7-15-28(35)31(21)33-25(27)14-8-16-29(33)36/h3-18,30,32,35-36H,19H2,1-2H3/t30-,32?/m1/s1. The smallest absolute Gasteiger partial charge is 0.163 e. The van der Waals surface area contributed by atoms with Crippen LogP contribution in [0.1, 0.15) is 30.9 Å². The summed E-state index contributed by atoms with van der Waals surface area (Å²) in [6.45, 7) is 4.34. The van der Waals surface area contributed by atoms with Crippen molar-refractivity contribution in [1.82, 2.24) is 0 Å². The number of aromatic hydroxyl groups is 2. The Kier molecular flexibility index (Phi) is 5.12. The molecule has 38 heavy (non-hydrogen) atoms. The van der Waals surface area contributed by atoms with Crippen LogP contribution in [0.4, 0.5) is 0 Å². The predicted octanol–water partition coefficient (Wildman–Crippen LogP) is 7.99. The third kappa shape index (κ3) is 3.52. The van der Waals surface area contributed by atoms with E-state index >= 15 is 0 Å². The van der Waals surface area contributed by atoms with Gasteiger partial charge in [-0.15, -0.1) is 0 Å². The molecule has 4 nitrogen and oxygen atoms in total. The summed E-state index contributed by atoms with van der Waals surface area (Å²) < 4.78 is 12.7. The average Bonchev–Trinajstić information content (AvgIpc) is 3.28. The van der Waals surface area contributed by atoms with E-state index in [2.05, 4.69) is 60.7 Å². The highest BCUT2D eigenvalue weighted by Crippen LogP contribution is 2.47. The van der Waals surface area contributed by atoms with Crippen molar-refractivity contribution in [2.24, 2.45) is 0 Å². The van der Waals surface area contributed by atoms with Crippen LogP contribution in [-0.2, 0) is 9.47 Å². The van der Waals surface area contributed by atoms with Crippen LogP contribution in [0.2, 0.25) is 0 Å². The average molecular weight is 501 g/mol. The molecule has 6 aromatic rings. The number of phenols is 2. The molecule has 2 atom stereocenters. The first-order valence-corrected chi connectivity index (χ1v) is 13.0. The van der Waals surface area contributed by atoms with E-state index in [1.807, 2.05) is 38.1 Å². The molecular weight excluding hydrogens is 472 g/mol. The molecule has 188 valence electrons. The molecular formula is C34H28O4. The van der Waals surface area contributed by atoms with Gasteiger partial charge in [0, 0.05) is 16.7 Å². The molecule has 1 aliphatic rings. The van der Waals surface area contributed by atoms with Gasteiger partial charge in [-0.05, 0) is 81.6 Å². The predicted molar refractivity (Wildman–Crippen MR) is 153 cm³/mol. The SMILES string of the molecule is CC1(C)OC[C@H](C(c2cc3ccccc3c3ccccc23)c2cc3cccc(O)c3c3c(O)cccc23)O1.